The van der Waals surface area contributed by atoms with Gasteiger partial charge in [0.15, 0.2) is 0 Å². The summed E-state index contributed by atoms with van der Waals surface area (Å²) in [7, 11) is -0.450. The Morgan fingerprint density at radius 3 is 2.40 bits per heavy atom. The van der Waals surface area contributed by atoms with E-state index in [9.17, 15) is 9.18 Å². The highest BCUT2D eigenvalue weighted by Crippen LogP contribution is 2.39. The Bertz CT molecular complexity index is 995. The second-order valence-electron chi connectivity index (χ2n) is 9.67. The number of carbonyl (C=O) groups is 1. The Kier molecular flexibility index (Phi) is 8.78. The second kappa shape index (κ2) is 11.4. The largest absolute Gasteiger partial charge is 0.494 e. The molecule has 5 nitrogen and oxygen atoms in total. The van der Waals surface area contributed by atoms with E-state index in [0.717, 1.165) is 23.0 Å². The molecule has 1 amide bonds. The molecule has 0 aliphatic carbocycles. The molecule has 2 aromatic carbocycles. The van der Waals surface area contributed by atoms with Crippen molar-refractivity contribution in [2.24, 2.45) is 0 Å². The fourth-order valence-corrected chi connectivity index (χ4v) is 4.31. The maximum absolute atomic E-state index is 13.5. The number of benzene rings is 2. The maximum atomic E-state index is 13.5. The molecule has 2 atom stereocenters. The average molecular weight is 481 g/mol. The van der Waals surface area contributed by atoms with E-state index in [0.29, 0.717) is 26.0 Å². The molecule has 0 spiro atoms. The number of hydrogen-bond donors (Lipinski definition) is 0. The first-order valence-electron chi connectivity index (χ1n) is 12.4. The van der Waals surface area contributed by atoms with Crippen LogP contribution in [0.1, 0.15) is 71.0 Å². The van der Waals surface area contributed by atoms with Gasteiger partial charge in [0.05, 0.1) is 6.04 Å². The van der Waals surface area contributed by atoms with Crippen molar-refractivity contribution in [2.75, 3.05) is 13.2 Å². The lowest BCUT2D eigenvalue weighted by Crippen LogP contribution is -2.48. The van der Waals surface area contributed by atoms with Crippen molar-refractivity contribution < 1.29 is 23.2 Å². The van der Waals surface area contributed by atoms with Crippen LogP contribution in [-0.2, 0) is 19.6 Å². The number of ether oxygens (including phenoxy) is 1. The Hall–Kier alpha value is -2.64. The molecule has 0 N–H and O–H groups in total. The third kappa shape index (κ3) is 6.33. The standard InChI is InChI=1S/C28H37BFNO4/c1-7-18-28(23-12-16-25(30)17-13-23)19-20-31(26(32)34-28)21(4)22-10-14-24(15-11-22)29(33-9-3)35-27(5,6)8-2/h7,10-17,21H,1,8-9,18-20H2,2-6H3/t21-,28+/m0/s1. The van der Waals surface area contributed by atoms with Crippen molar-refractivity contribution in [1.29, 1.82) is 0 Å². The van der Waals surface area contributed by atoms with E-state index < -0.39 is 12.7 Å². The molecule has 1 aliphatic heterocycles. The lowest BCUT2D eigenvalue weighted by Gasteiger charge is -2.43. The Labute approximate surface area is 209 Å². The summed E-state index contributed by atoms with van der Waals surface area (Å²) >= 11 is 0. The second-order valence-corrected chi connectivity index (χ2v) is 9.67. The molecule has 35 heavy (non-hydrogen) atoms. The summed E-state index contributed by atoms with van der Waals surface area (Å²) in [6.07, 6.45) is 3.28. The maximum Gasteiger partial charge on any atom is 0.494 e. The summed E-state index contributed by atoms with van der Waals surface area (Å²) in [5, 5.41) is 0. The number of carbonyl (C=O) groups excluding carboxylic acids is 1. The first-order chi connectivity index (χ1) is 16.6. The molecule has 1 saturated heterocycles. The van der Waals surface area contributed by atoms with E-state index in [1.54, 1.807) is 23.1 Å². The number of nitrogens with zero attached hydrogens (tertiary/aromatic N) is 1. The number of halogens is 1. The Morgan fingerprint density at radius 1 is 1.20 bits per heavy atom. The fourth-order valence-electron chi connectivity index (χ4n) is 4.31. The van der Waals surface area contributed by atoms with Crippen molar-refractivity contribution in [2.45, 2.75) is 71.1 Å². The number of amides is 1. The van der Waals surface area contributed by atoms with Gasteiger partial charge in [0, 0.05) is 31.6 Å². The van der Waals surface area contributed by atoms with E-state index in [4.69, 9.17) is 14.0 Å². The monoisotopic (exact) mass is 481 g/mol. The summed E-state index contributed by atoms with van der Waals surface area (Å²) < 4.78 is 31.5. The van der Waals surface area contributed by atoms with Crippen LogP contribution in [-0.4, -0.2) is 36.9 Å². The highest BCUT2D eigenvalue weighted by Gasteiger charge is 2.42. The van der Waals surface area contributed by atoms with Crippen LogP contribution >= 0.6 is 0 Å². The summed E-state index contributed by atoms with van der Waals surface area (Å²) in [5.74, 6) is -0.321. The molecular weight excluding hydrogens is 444 g/mol. The first-order valence-corrected chi connectivity index (χ1v) is 12.4. The highest BCUT2D eigenvalue weighted by molar-refractivity contribution is 6.61. The molecule has 3 rings (SSSR count). The van der Waals surface area contributed by atoms with Gasteiger partial charge in [0.25, 0.3) is 0 Å². The van der Waals surface area contributed by atoms with Gasteiger partial charge in [-0.1, -0.05) is 49.4 Å². The van der Waals surface area contributed by atoms with Crippen LogP contribution in [0, 0.1) is 5.82 Å². The van der Waals surface area contributed by atoms with Crippen molar-refractivity contribution in [3.63, 3.8) is 0 Å². The van der Waals surface area contributed by atoms with E-state index in [2.05, 4.69) is 27.4 Å². The predicted molar refractivity (Wildman–Crippen MR) is 138 cm³/mol. The third-order valence-corrected chi connectivity index (χ3v) is 6.87. The molecule has 1 fully saturated rings. The number of rotatable bonds is 11. The minimum atomic E-state index is -0.833. The highest BCUT2D eigenvalue weighted by atomic mass is 19.1. The van der Waals surface area contributed by atoms with Crippen LogP contribution in [0.25, 0.3) is 0 Å². The number of hydrogen-bond acceptors (Lipinski definition) is 4. The van der Waals surface area contributed by atoms with Gasteiger partial charge in [0.1, 0.15) is 11.4 Å². The lowest BCUT2D eigenvalue weighted by atomic mass is 9.77. The van der Waals surface area contributed by atoms with Crippen LogP contribution in [0.15, 0.2) is 61.2 Å². The molecule has 1 aliphatic rings. The zero-order chi connectivity index (χ0) is 25.6. The van der Waals surface area contributed by atoms with Crippen LogP contribution in [0.3, 0.4) is 0 Å². The normalized spacial score (nSPS) is 19.3. The van der Waals surface area contributed by atoms with Gasteiger partial charge in [0.2, 0.25) is 0 Å². The molecule has 7 heteroatoms. The minimum Gasteiger partial charge on any atom is -0.437 e. The predicted octanol–water partition coefficient (Wildman–Crippen LogP) is 6.14. The molecule has 0 aromatic heterocycles. The van der Waals surface area contributed by atoms with Crippen molar-refractivity contribution in [3.8, 4) is 0 Å². The molecule has 2 aromatic rings. The molecule has 0 unspecified atom stereocenters. The van der Waals surface area contributed by atoms with E-state index in [-0.39, 0.29) is 23.6 Å². The summed E-state index contributed by atoms with van der Waals surface area (Å²) in [4.78, 5) is 14.9. The Morgan fingerprint density at radius 2 is 1.86 bits per heavy atom. The SMILES string of the molecule is C=CC[C@]1(c2ccc(F)cc2)CCN([C@@H](C)c2ccc(B(OCC)OC(C)(C)CC)cc2)C(=O)O1. The van der Waals surface area contributed by atoms with E-state index >= 15 is 0 Å². The topological polar surface area (TPSA) is 48.0 Å². The van der Waals surface area contributed by atoms with Gasteiger partial charge in [-0.15, -0.1) is 6.58 Å². The van der Waals surface area contributed by atoms with Crippen LogP contribution in [0.2, 0.25) is 0 Å². The van der Waals surface area contributed by atoms with Crippen molar-refractivity contribution in [3.05, 3.63) is 78.1 Å². The van der Waals surface area contributed by atoms with Crippen molar-refractivity contribution >= 4 is 18.7 Å². The summed E-state index contributed by atoms with van der Waals surface area (Å²) in [6, 6.07) is 14.0. The fraction of sp³-hybridized carbons (Fsp3) is 0.464. The first kappa shape index (κ1) is 27.0. The van der Waals surface area contributed by atoms with E-state index in [1.807, 2.05) is 38.1 Å². The van der Waals surface area contributed by atoms with Gasteiger partial charge in [-0.05, 0) is 62.8 Å². The molecular formula is C28H37BFNO4. The lowest BCUT2D eigenvalue weighted by molar-refractivity contribution is -0.0588. The molecule has 1 heterocycles. The quantitative estimate of drug-likeness (QED) is 0.286. The summed E-state index contributed by atoms with van der Waals surface area (Å²) in [5.41, 5.74) is 1.58. The van der Waals surface area contributed by atoms with Crippen molar-refractivity contribution in [1.82, 2.24) is 4.90 Å². The number of cyclic esters (lactones) is 1. The molecule has 0 radical (unpaired) electrons. The van der Waals surface area contributed by atoms with Gasteiger partial charge >= 0.3 is 13.2 Å². The van der Waals surface area contributed by atoms with Gasteiger partial charge in [-0.25, -0.2) is 9.18 Å². The van der Waals surface area contributed by atoms with Gasteiger partial charge < -0.3 is 18.9 Å². The van der Waals surface area contributed by atoms with Gasteiger partial charge in [-0.3, -0.25) is 0 Å². The van der Waals surface area contributed by atoms with Crippen LogP contribution < -0.4 is 5.46 Å². The smallest absolute Gasteiger partial charge is 0.437 e. The minimum absolute atomic E-state index is 0.176. The molecule has 188 valence electrons. The average Bonchev–Trinajstić information content (AvgIpc) is 2.84. The zero-order valence-electron chi connectivity index (χ0n) is 21.6. The molecule has 0 bridgehead atoms. The summed E-state index contributed by atoms with van der Waals surface area (Å²) in [6.45, 7) is 15.0. The van der Waals surface area contributed by atoms with Crippen LogP contribution in [0.4, 0.5) is 9.18 Å². The third-order valence-electron chi connectivity index (χ3n) is 6.87. The van der Waals surface area contributed by atoms with E-state index in [1.165, 1.54) is 12.1 Å². The van der Waals surface area contributed by atoms with Crippen LogP contribution in [0.5, 0.6) is 0 Å². The van der Waals surface area contributed by atoms with Gasteiger partial charge in [-0.2, -0.15) is 0 Å². The molecule has 0 saturated carbocycles. The zero-order valence-corrected chi connectivity index (χ0v) is 21.6. The Balaban J connectivity index is 1.75.